The van der Waals surface area contributed by atoms with Crippen LogP contribution in [-0.4, -0.2) is 18.6 Å². The summed E-state index contributed by atoms with van der Waals surface area (Å²) in [5.41, 5.74) is 2.02. The van der Waals surface area contributed by atoms with E-state index in [9.17, 15) is 9.18 Å². The number of methoxy groups -OCH3 is 1. The third-order valence-corrected chi connectivity index (χ3v) is 4.47. The van der Waals surface area contributed by atoms with Crippen molar-refractivity contribution < 1.29 is 13.9 Å². The van der Waals surface area contributed by atoms with Crippen molar-refractivity contribution in [3.63, 3.8) is 0 Å². The first-order valence-electron chi connectivity index (χ1n) is 6.49. The summed E-state index contributed by atoms with van der Waals surface area (Å²) in [7, 11) is 1.60. The molecule has 2 aromatic carbocycles. The average Bonchev–Trinajstić information content (AvgIpc) is 2.51. The second kappa shape index (κ2) is 5.74. The number of hydrogen-bond acceptors (Lipinski definition) is 3. The van der Waals surface area contributed by atoms with Crippen LogP contribution >= 0.6 is 11.8 Å². The average molecular weight is 300 g/mol. The van der Waals surface area contributed by atoms with Crippen LogP contribution in [-0.2, 0) is 0 Å². The minimum atomic E-state index is -0.328. The summed E-state index contributed by atoms with van der Waals surface area (Å²) in [5, 5.41) is 0. The maximum absolute atomic E-state index is 13.7. The molecule has 3 rings (SSSR count). The smallest absolute Gasteiger partial charge is 0.191 e. The Bertz CT molecular complexity index is 737. The highest BCUT2D eigenvalue weighted by Gasteiger charge is 2.24. The van der Waals surface area contributed by atoms with Crippen molar-refractivity contribution in [2.75, 3.05) is 12.9 Å². The molecule has 0 unspecified atom stereocenters. The fourth-order valence-electron chi connectivity index (χ4n) is 2.26. The lowest BCUT2D eigenvalue weighted by Gasteiger charge is -2.17. The van der Waals surface area contributed by atoms with E-state index in [1.54, 1.807) is 19.2 Å². The van der Waals surface area contributed by atoms with Crippen molar-refractivity contribution in [3.8, 4) is 5.75 Å². The minimum absolute atomic E-state index is 0.105. The zero-order chi connectivity index (χ0) is 14.8. The molecule has 1 aliphatic rings. The number of ketones is 1. The highest BCUT2D eigenvalue weighted by Crippen LogP contribution is 2.35. The maximum atomic E-state index is 13.7. The number of halogens is 1. The third-order valence-electron chi connectivity index (χ3n) is 3.31. The molecular formula is C17H13FO2S. The number of carbonyl (C=O) groups excluding carboxylic acids is 1. The van der Waals surface area contributed by atoms with Crippen LogP contribution in [0.2, 0.25) is 0 Å². The number of fused-ring (bicyclic) bond motifs is 1. The highest BCUT2D eigenvalue weighted by molar-refractivity contribution is 7.99. The van der Waals surface area contributed by atoms with E-state index in [2.05, 4.69) is 0 Å². The van der Waals surface area contributed by atoms with Gasteiger partial charge in [0.1, 0.15) is 11.6 Å². The Labute approximate surface area is 126 Å². The molecule has 21 heavy (non-hydrogen) atoms. The van der Waals surface area contributed by atoms with Gasteiger partial charge in [0.05, 0.1) is 12.0 Å². The van der Waals surface area contributed by atoms with Gasteiger partial charge >= 0.3 is 0 Å². The topological polar surface area (TPSA) is 26.3 Å². The van der Waals surface area contributed by atoms with Crippen molar-refractivity contribution in [3.05, 3.63) is 65.0 Å². The molecule has 2 nitrogen and oxygen atoms in total. The fourth-order valence-corrected chi connectivity index (χ4v) is 3.30. The van der Waals surface area contributed by atoms with Gasteiger partial charge in [0, 0.05) is 16.9 Å². The predicted octanol–water partition coefficient (Wildman–Crippen LogP) is 4.21. The molecule has 1 aliphatic heterocycles. The molecule has 0 aliphatic carbocycles. The number of Topliss-reactive ketones (excluding diaryl/α,β-unsaturated/α-hetero) is 1. The molecule has 106 valence electrons. The van der Waals surface area contributed by atoms with E-state index >= 15 is 0 Å². The summed E-state index contributed by atoms with van der Waals surface area (Å²) in [6.07, 6.45) is 1.84. The van der Waals surface area contributed by atoms with Gasteiger partial charge in [0.25, 0.3) is 0 Å². The standard InChI is InChI=1S/C17H13FO2S/c1-20-13-5-2-4-11(9-13)8-12-10-21-17-14(16(12)19)6-3-7-15(17)18/h2-9H,10H2,1H3. The molecular weight excluding hydrogens is 287 g/mol. The van der Waals surface area contributed by atoms with Gasteiger partial charge in [-0.05, 0) is 35.9 Å². The molecule has 0 amide bonds. The van der Waals surface area contributed by atoms with Gasteiger partial charge in [-0.1, -0.05) is 18.2 Å². The largest absolute Gasteiger partial charge is 0.497 e. The lowest BCUT2D eigenvalue weighted by Crippen LogP contribution is -2.13. The zero-order valence-electron chi connectivity index (χ0n) is 11.4. The number of hydrogen-bond donors (Lipinski definition) is 0. The minimum Gasteiger partial charge on any atom is -0.497 e. The Morgan fingerprint density at radius 1 is 1.24 bits per heavy atom. The highest BCUT2D eigenvalue weighted by atomic mass is 32.2. The molecule has 0 bridgehead atoms. The molecule has 1 heterocycles. The third kappa shape index (κ3) is 2.72. The normalized spacial score (nSPS) is 15.9. The van der Waals surface area contributed by atoms with E-state index in [4.69, 9.17) is 4.74 Å². The summed E-state index contributed by atoms with van der Waals surface area (Å²) in [6.45, 7) is 0. The molecule has 0 aromatic heterocycles. The number of rotatable bonds is 2. The van der Waals surface area contributed by atoms with Gasteiger partial charge in [0.2, 0.25) is 0 Å². The van der Waals surface area contributed by atoms with Gasteiger partial charge in [-0.25, -0.2) is 4.39 Å². The van der Waals surface area contributed by atoms with Crippen LogP contribution in [0.1, 0.15) is 15.9 Å². The van der Waals surface area contributed by atoms with E-state index in [-0.39, 0.29) is 11.6 Å². The maximum Gasteiger partial charge on any atom is 0.191 e. The van der Waals surface area contributed by atoms with Crippen LogP contribution in [0.25, 0.3) is 6.08 Å². The Kier molecular flexibility index (Phi) is 3.80. The summed E-state index contributed by atoms with van der Waals surface area (Å²) < 4.78 is 18.9. The van der Waals surface area contributed by atoms with Crippen LogP contribution in [0.15, 0.2) is 52.9 Å². The van der Waals surface area contributed by atoms with Crippen molar-refractivity contribution in [1.29, 1.82) is 0 Å². The Balaban J connectivity index is 1.98. The first-order valence-corrected chi connectivity index (χ1v) is 7.48. The molecule has 0 fully saturated rings. The van der Waals surface area contributed by atoms with Crippen LogP contribution in [0.4, 0.5) is 4.39 Å². The molecule has 2 aromatic rings. The second-order valence-corrected chi connectivity index (χ2v) is 5.67. The molecule has 0 saturated heterocycles. The van der Waals surface area contributed by atoms with E-state index < -0.39 is 0 Å². The summed E-state index contributed by atoms with van der Waals surface area (Å²) in [6, 6.07) is 12.1. The van der Waals surface area contributed by atoms with Crippen LogP contribution in [0.3, 0.4) is 0 Å². The molecule has 0 atom stereocenters. The van der Waals surface area contributed by atoms with Crippen molar-refractivity contribution in [2.24, 2.45) is 0 Å². The number of carbonyl (C=O) groups is 1. The Morgan fingerprint density at radius 3 is 2.86 bits per heavy atom. The molecule has 4 heteroatoms. The first-order chi connectivity index (χ1) is 10.2. The lowest BCUT2D eigenvalue weighted by molar-refractivity contribution is 0.103. The monoisotopic (exact) mass is 300 g/mol. The molecule has 0 spiro atoms. The van der Waals surface area contributed by atoms with Gasteiger partial charge in [-0.2, -0.15) is 0 Å². The van der Waals surface area contributed by atoms with Gasteiger partial charge in [-0.3, -0.25) is 4.79 Å². The number of thioether (sulfide) groups is 1. The van der Waals surface area contributed by atoms with Crippen molar-refractivity contribution >= 4 is 23.6 Å². The fraction of sp³-hybridized carbons (Fsp3) is 0.118. The number of benzene rings is 2. The van der Waals surface area contributed by atoms with Crippen LogP contribution in [0.5, 0.6) is 5.75 Å². The Morgan fingerprint density at radius 2 is 2.05 bits per heavy atom. The molecule has 0 radical (unpaired) electrons. The van der Waals surface area contributed by atoms with Crippen molar-refractivity contribution in [2.45, 2.75) is 4.90 Å². The van der Waals surface area contributed by atoms with E-state index in [0.29, 0.717) is 21.8 Å². The molecule has 0 N–H and O–H groups in total. The van der Waals surface area contributed by atoms with Gasteiger partial charge in [0.15, 0.2) is 5.78 Å². The first kappa shape index (κ1) is 13.9. The van der Waals surface area contributed by atoms with Crippen molar-refractivity contribution in [1.82, 2.24) is 0 Å². The van der Waals surface area contributed by atoms with Crippen LogP contribution < -0.4 is 4.74 Å². The number of ether oxygens (including phenoxy) is 1. The van der Waals surface area contributed by atoms with E-state index in [1.165, 1.54) is 17.8 Å². The van der Waals surface area contributed by atoms with E-state index in [0.717, 1.165) is 11.3 Å². The summed E-state index contributed by atoms with van der Waals surface area (Å²) in [5.74, 6) is 0.785. The van der Waals surface area contributed by atoms with Crippen LogP contribution in [0, 0.1) is 5.82 Å². The quantitative estimate of drug-likeness (QED) is 0.777. The van der Waals surface area contributed by atoms with Gasteiger partial charge < -0.3 is 4.74 Å². The molecule has 0 saturated carbocycles. The summed E-state index contributed by atoms with van der Waals surface area (Å²) >= 11 is 1.36. The van der Waals surface area contributed by atoms with E-state index in [1.807, 2.05) is 30.3 Å². The SMILES string of the molecule is COc1cccc(C=C2CSc3c(F)cccc3C2=O)c1. The zero-order valence-corrected chi connectivity index (χ0v) is 12.2. The van der Waals surface area contributed by atoms with Gasteiger partial charge in [-0.15, -0.1) is 11.8 Å². The predicted molar refractivity (Wildman–Crippen MR) is 82.4 cm³/mol. The summed E-state index contributed by atoms with van der Waals surface area (Å²) in [4.78, 5) is 12.9. The lowest BCUT2D eigenvalue weighted by atomic mass is 10.0. The Hall–Kier alpha value is -2.07. The second-order valence-electron chi connectivity index (χ2n) is 4.68.